The smallest absolute Gasteiger partial charge is 0.349 e. The molecule has 4 aromatic rings. The standard InChI is InChI=1S/C24H26N8O4.C2H4O2/c1-34-12-13-36-18-10-7-16(14-19(18)35-2)21(28-17-8-5-15(6-9-17)22(25)26)23-29-24(33)32(31-23)20-4-3-11-27-30-20;1-2(3)4/h3-11,14,21,28H,12-13H2,1-2H3,(H3,25,26)(H,29,31,33);1H3,(H,3,4)/t21-;/m0./s1. The van der Waals surface area contributed by atoms with E-state index in [1.165, 1.54) is 6.20 Å². The van der Waals surface area contributed by atoms with Gasteiger partial charge in [-0.2, -0.15) is 9.78 Å². The van der Waals surface area contributed by atoms with Gasteiger partial charge in [-0.15, -0.1) is 10.2 Å². The third kappa shape index (κ3) is 7.88. The first-order valence-electron chi connectivity index (χ1n) is 11.9. The molecule has 2 heterocycles. The highest BCUT2D eigenvalue weighted by atomic mass is 16.5. The molecule has 4 rings (SSSR count). The summed E-state index contributed by atoms with van der Waals surface area (Å²) in [6.07, 6.45) is 1.51. The summed E-state index contributed by atoms with van der Waals surface area (Å²) in [5.74, 6) is 0.837. The predicted octanol–water partition coefficient (Wildman–Crippen LogP) is 1.96. The number of nitrogens with zero attached hydrogens (tertiary/aromatic N) is 4. The molecule has 40 heavy (non-hydrogen) atoms. The van der Waals surface area contributed by atoms with Crippen molar-refractivity contribution >= 4 is 17.5 Å². The fourth-order valence-electron chi connectivity index (χ4n) is 3.47. The molecule has 0 aliphatic heterocycles. The van der Waals surface area contributed by atoms with Gasteiger partial charge in [0, 0.05) is 31.5 Å². The second kappa shape index (κ2) is 14.1. The van der Waals surface area contributed by atoms with E-state index in [4.69, 9.17) is 35.3 Å². The van der Waals surface area contributed by atoms with Gasteiger partial charge in [0.05, 0.1) is 13.7 Å². The van der Waals surface area contributed by atoms with Crippen molar-refractivity contribution in [3.05, 3.63) is 88.2 Å². The minimum absolute atomic E-state index is 0.0288. The lowest BCUT2D eigenvalue weighted by Crippen LogP contribution is -2.17. The number of nitrogens with one attached hydrogen (secondary N) is 3. The Balaban J connectivity index is 0.00000103. The summed E-state index contributed by atoms with van der Waals surface area (Å²) in [4.78, 5) is 24.5. The normalized spacial score (nSPS) is 11.1. The molecular weight excluding hydrogens is 520 g/mol. The number of carbonyl (C=O) groups is 1. The molecule has 210 valence electrons. The van der Waals surface area contributed by atoms with E-state index in [1.54, 1.807) is 56.7 Å². The monoisotopic (exact) mass is 550 g/mol. The van der Waals surface area contributed by atoms with Gasteiger partial charge in [0.25, 0.3) is 5.97 Å². The van der Waals surface area contributed by atoms with Crippen LogP contribution in [0.25, 0.3) is 5.82 Å². The minimum Gasteiger partial charge on any atom is -0.493 e. The zero-order valence-corrected chi connectivity index (χ0v) is 22.1. The second-order valence-corrected chi connectivity index (χ2v) is 8.15. The Labute approximate surface area is 229 Å². The van der Waals surface area contributed by atoms with E-state index >= 15 is 0 Å². The third-order valence-corrected chi connectivity index (χ3v) is 5.26. The highest BCUT2D eigenvalue weighted by molar-refractivity contribution is 5.95. The maximum absolute atomic E-state index is 12.7. The van der Waals surface area contributed by atoms with Gasteiger partial charge >= 0.3 is 5.69 Å². The first-order valence-corrected chi connectivity index (χ1v) is 11.9. The topological polar surface area (TPSA) is 203 Å². The number of hydrogen-bond acceptors (Lipinski definition) is 10. The number of methoxy groups -OCH3 is 2. The molecule has 0 unspecified atom stereocenters. The molecule has 0 aliphatic rings. The SMILES string of the molecule is CC(=O)O.COCCOc1ccc([C@H](Nc2ccc(C(=N)N)cc2)c2nn(-c3cccnn3)c(=O)[nH]2)cc1OC. The van der Waals surface area contributed by atoms with Crippen LogP contribution in [0.15, 0.2) is 65.6 Å². The Morgan fingerprint density at radius 2 is 1.88 bits per heavy atom. The Bertz CT molecular complexity index is 1470. The summed E-state index contributed by atoms with van der Waals surface area (Å²) < 4.78 is 17.5. The van der Waals surface area contributed by atoms with Crippen LogP contribution in [-0.4, -0.2) is 69.3 Å². The maximum atomic E-state index is 12.7. The summed E-state index contributed by atoms with van der Waals surface area (Å²) in [5.41, 5.74) is 7.18. The molecule has 0 amide bonds. The first kappa shape index (κ1) is 29.3. The molecule has 14 heteroatoms. The van der Waals surface area contributed by atoms with Crippen LogP contribution in [0, 0.1) is 5.41 Å². The zero-order valence-electron chi connectivity index (χ0n) is 22.1. The number of carboxylic acid groups (broad SMARTS) is 1. The molecule has 0 saturated carbocycles. The molecule has 2 aromatic carbocycles. The second-order valence-electron chi connectivity index (χ2n) is 8.15. The molecule has 0 saturated heterocycles. The van der Waals surface area contributed by atoms with Gasteiger partial charge in [0.15, 0.2) is 23.1 Å². The van der Waals surface area contributed by atoms with Crippen LogP contribution < -0.4 is 26.2 Å². The molecule has 2 aromatic heterocycles. The number of aromatic amines is 1. The van der Waals surface area contributed by atoms with Gasteiger partial charge in [-0.05, 0) is 54.1 Å². The van der Waals surface area contributed by atoms with Gasteiger partial charge in [-0.1, -0.05) is 6.07 Å². The Hall–Kier alpha value is -5.24. The number of ether oxygens (including phenoxy) is 3. The Kier molecular flexibility index (Phi) is 10.3. The van der Waals surface area contributed by atoms with Crippen LogP contribution in [-0.2, 0) is 9.53 Å². The largest absolute Gasteiger partial charge is 0.493 e. The van der Waals surface area contributed by atoms with Gasteiger partial charge in [-0.3, -0.25) is 15.2 Å². The molecule has 0 radical (unpaired) electrons. The van der Waals surface area contributed by atoms with E-state index < -0.39 is 17.7 Å². The number of hydrogen-bond donors (Lipinski definition) is 5. The van der Waals surface area contributed by atoms with Gasteiger partial charge < -0.3 is 30.4 Å². The van der Waals surface area contributed by atoms with E-state index in [-0.39, 0.29) is 11.7 Å². The van der Waals surface area contributed by atoms with Crippen molar-refractivity contribution in [1.29, 1.82) is 5.41 Å². The number of H-pyrrole nitrogens is 1. The minimum atomic E-state index is -0.833. The highest BCUT2D eigenvalue weighted by Crippen LogP contribution is 2.33. The van der Waals surface area contributed by atoms with E-state index in [9.17, 15) is 4.79 Å². The molecule has 14 nitrogen and oxygen atoms in total. The summed E-state index contributed by atoms with van der Waals surface area (Å²) >= 11 is 0. The van der Waals surface area contributed by atoms with Gasteiger partial charge in [0.1, 0.15) is 18.5 Å². The van der Waals surface area contributed by atoms with Crippen LogP contribution >= 0.6 is 0 Å². The average Bonchev–Trinajstić information content (AvgIpc) is 3.33. The van der Waals surface area contributed by atoms with Crippen molar-refractivity contribution in [2.45, 2.75) is 13.0 Å². The number of nitrogens with two attached hydrogens (primary N) is 1. The predicted molar refractivity (Wildman–Crippen MR) is 146 cm³/mol. The number of amidine groups is 1. The van der Waals surface area contributed by atoms with Crippen LogP contribution in [0.5, 0.6) is 11.5 Å². The number of anilines is 1. The Morgan fingerprint density at radius 1 is 1.15 bits per heavy atom. The van der Waals surface area contributed by atoms with Crippen molar-refractivity contribution < 1.29 is 24.1 Å². The lowest BCUT2D eigenvalue weighted by atomic mass is 10.0. The van der Waals surface area contributed by atoms with Crippen LogP contribution in [0.3, 0.4) is 0 Å². The number of carboxylic acids is 1. The number of rotatable bonds is 11. The lowest BCUT2D eigenvalue weighted by Gasteiger charge is -2.20. The Morgan fingerprint density at radius 3 is 2.48 bits per heavy atom. The fourth-order valence-corrected chi connectivity index (χ4v) is 3.47. The summed E-state index contributed by atoms with van der Waals surface area (Å²) in [6, 6.07) is 15.2. The lowest BCUT2D eigenvalue weighted by molar-refractivity contribution is -0.134. The highest BCUT2D eigenvalue weighted by Gasteiger charge is 2.22. The molecule has 1 atom stereocenters. The van der Waals surface area contributed by atoms with Crippen molar-refractivity contribution in [3.63, 3.8) is 0 Å². The number of aliphatic carboxylic acids is 1. The molecule has 0 fully saturated rings. The first-order chi connectivity index (χ1) is 19.2. The number of aromatic nitrogens is 5. The quantitative estimate of drug-likeness (QED) is 0.104. The van der Waals surface area contributed by atoms with Crippen LogP contribution in [0.4, 0.5) is 5.69 Å². The molecule has 6 N–H and O–H groups in total. The third-order valence-electron chi connectivity index (χ3n) is 5.26. The fraction of sp³-hybridized carbons (Fsp3) is 0.231. The molecule has 0 bridgehead atoms. The molecular formula is C26H30N8O6. The zero-order chi connectivity index (χ0) is 29.1. The average molecular weight is 551 g/mol. The van der Waals surface area contributed by atoms with Crippen molar-refractivity contribution in [3.8, 4) is 17.3 Å². The van der Waals surface area contributed by atoms with Crippen LogP contribution in [0.2, 0.25) is 0 Å². The van der Waals surface area contributed by atoms with E-state index in [1.807, 2.05) is 12.1 Å². The summed E-state index contributed by atoms with van der Waals surface area (Å²) in [5, 5.41) is 30.7. The van der Waals surface area contributed by atoms with E-state index in [2.05, 4.69) is 25.6 Å². The van der Waals surface area contributed by atoms with Crippen molar-refractivity contribution in [2.75, 3.05) is 32.8 Å². The van der Waals surface area contributed by atoms with Crippen molar-refractivity contribution in [2.24, 2.45) is 5.73 Å². The van der Waals surface area contributed by atoms with Crippen LogP contribution in [0.1, 0.15) is 29.9 Å². The van der Waals surface area contributed by atoms with E-state index in [0.29, 0.717) is 36.1 Å². The maximum Gasteiger partial charge on any atom is 0.349 e. The number of benzene rings is 2. The van der Waals surface area contributed by atoms with Crippen molar-refractivity contribution in [1.82, 2.24) is 25.0 Å². The summed E-state index contributed by atoms with van der Waals surface area (Å²) in [7, 11) is 3.15. The van der Waals surface area contributed by atoms with E-state index in [0.717, 1.165) is 22.9 Å². The molecule has 0 spiro atoms. The number of nitrogen functional groups attached to an aromatic ring is 1. The summed E-state index contributed by atoms with van der Waals surface area (Å²) in [6.45, 7) is 1.89. The molecule has 0 aliphatic carbocycles. The van der Waals surface area contributed by atoms with Gasteiger partial charge in [-0.25, -0.2) is 4.79 Å². The van der Waals surface area contributed by atoms with Gasteiger partial charge in [0.2, 0.25) is 0 Å².